The summed E-state index contributed by atoms with van der Waals surface area (Å²) >= 11 is 0. The number of unbranched alkanes of at least 4 members (excludes halogenated alkanes) is 1. The zero-order valence-electron chi connectivity index (χ0n) is 18.6. The molecule has 1 saturated carbocycles. The molecule has 3 heterocycles. The molecule has 2 aromatic rings. The van der Waals surface area contributed by atoms with Gasteiger partial charge >= 0.3 is 5.97 Å². The number of aliphatic carboxylic acids is 1. The zero-order chi connectivity index (χ0) is 22.3. The Morgan fingerprint density at radius 1 is 1.19 bits per heavy atom. The zero-order valence-corrected chi connectivity index (χ0v) is 18.6. The van der Waals surface area contributed by atoms with E-state index in [0.717, 1.165) is 86.3 Å². The largest absolute Gasteiger partial charge is 0.481 e. The van der Waals surface area contributed by atoms with E-state index in [1.165, 1.54) is 0 Å². The molecule has 4 rings (SSSR count). The lowest BCUT2D eigenvalue weighted by molar-refractivity contribution is -0.138. The summed E-state index contributed by atoms with van der Waals surface area (Å²) in [6.07, 6.45) is 12.5. The van der Waals surface area contributed by atoms with Crippen LogP contribution in [0.15, 0.2) is 29.5 Å². The van der Waals surface area contributed by atoms with Crippen molar-refractivity contribution in [2.45, 2.75) is 77.2 Å². The summed E-state index contributed by atoms with van der Waals surface area (Å²) in [7, 11) is 0. The molecule has 0 unspecified atom stereocenters. The minimum absolute atomic E-state index is 0.111. The number of nitrogens with zero attached hydrogens (tertiary/aromatic N) is 4. The number of allylic oxidation sites excluding steroid dienone is 1. The van der Waals surface area contributed by atoms with Crippen LogP contribution in [0.1, 0.15) is 81.9 Å². The van der Waals surface area contributed by atoms with Crippen LogP contribution in [0, 0.1) is 5.92 Å². The lowest BCUT2D eigenvalue weighted by Crippen LogP contribution is -2.25. The molecule has 1 aliphatic heterocycles. The van der Waals surface area contributed by atoms with Gasteiger partial charge in [-0.25, -0.2) is 4.98 Å². The summed E-state index contributed by atoms with van der Waals surface area (Å²) in [4.78, 5) is 23.3. The Balaban J connectivity index is 1.31. The minimum Gasteiger partial charge on any atom is -0.481 e. The smallest absolute Gasteiger partial charge is 0.303 e. The number of aromatic amines is 1. The molecule has 0 spiro atoms. The van der Waals surface area contributed by atoms with Crippen molar-refractivity contribution >= 4 is 17.3 Å². The predicted octanol–water partition coefficient (Wildman–Crippen LogP) is 4.58. The maximum Gasteiger partial charge on any atom is 0.303 e. The number of ether oxygens (including phenoxy) is 1. The topological polar surface area (TPSA) is 113 Å². The maximum atomic E-state index is 10.9. The molecule has 8 heteroatoms. The standard InChI is InChI=1S/C24H31N5O3/c1-2-3-4-21-27-24(29-28-21)18-7-11-20(25-15-18)17-8-12-22(26-14-17)32-19-9-5-16(6-10-19)13-23(30)31/h8,12,14-16,19H,2-7,9-11,13H2,1H3,(H,30,31)(H,27,28,29)/t16-,19-. The fourth-order valence-electron chi connectivity index (χ4n) is 4.33. The van der Waals surface area contributed by atoms with Crippen molar-refractivity contribution in [3.8, 4) is 5.88 Å². The molecule has 2 aromatic heterocycles. The molecule has 0 atom stereocenters. The van der Waals surface area contributed by atoms with Crippen molar-refractivity contribution in [3.05, 3.63) is 41.7 Å². The number of aliphatic imine (C=N–C) groups is 1. The van der Waals surface area contributed by atoms with Gasteiger partial charge in [0.2, 0.25) is 5.88 Å². The number of carboxylic acid groups (broad SMARTS) is 1. The Kier molecular flexibility index (Phi) is 7.29. The quantitative estimate of drug-likeness (QED) is 0.594. The molecule has 0 bridgehead atoms. The highest BCUT2D eigenvalue weighted by Crippen LogP contribution is 2.29. The lowest BCUT2D eigenvalue weighted by Gasteiger charge is -2.27. The van der Waals surface area contributed by atoms with E-state index in [4.69, 9.17) is 9.84 Å². The van der Waals surface area contributed by atoms with E-state index >= 15 is 0 Å². The van der Waals surface area contributed by atoms with Crippen molar-refractivity contribution in [2.24, 2.45) is 10.9 Å². The first-order valence-electron chi connectivity index (χ1n) is 11.6. The van der Waals surface area contributed by atoms with Crippen LogP contribution in [0.3, 0.4) is 0 Å². The second-order valence-corrected chi connectivity index (χ2v) is 8.70. The molecule has 0 amide bonds. The number of nitrogens with one attached hydrogen (secondary N) is 1. The van der Waals surface area contributed by atoms with Crippen molar-refractivity contribution in [1.29, 1.82) is 0 Å². The van der Waals surface area contributed by atoms with Crippen LogP contribution in [0.5, 0.6) is 5.88 Å². The van der Waals surface area contributed by atoms with Crippen LogP contribution < -0.4 is 4.74 Å². The van der Waals surface area contributed by atoms with Gasteiger partial charge in [0, 0.05) is 48.2 Å². The number of rotatable bonds is 9. The average Bonchev–Trinajstić information content (AvgIpc) is 3.28. The summed E-state index contributed by atoms with van der Waals surface area (Å²) in [6.45, 7) is 2.17. The molecule has 2 N–H and O–H groups in total. The normalized spacial score (nSPS) is 21.0. The van der Waals surface area contributed by atoms with Gasteiger partial charge in [0.1, 0.15) is 11.9 Å². The number of H-pyrrole nitrogens is 1. The Hall–Kier alpha value is -3.03. The summed E-state index contributed by atoms with van der Waals surface area (Å²) in [6, 6.07) is 3.91. The van der Waals surface area contributed by atoms with Gasteiger partial charge in [-0.1, -0.05) is 13.3 Å². The van der Waals surface area contributed by atoms with E-state index in [1.54, 1.807) is 0 Å². The molecule has 0 aromatic carbocycles. The maximum absolute atomic E-state index is 10.9. The summed E-state index contributed by atoms with van der Waals surface area (Å²) < 4.78 is 6.03. The van der Waals surface area contributed by atoms with Gasteiger partial charge in [0.15, 0.2) is 5.82 Å². The first-order chi connectivity index (χ1) is 15.6. The van der Waals surface area contributed by atoms with Gasteiger partial charge in [-0.2, -0.15) is 0 Å². The third-order valence-electron chi connectivity index (χ3n) is 6.23. The number of hydrogen-bond donors (Lipinski definition) is 2. The van der Waals surface area contributed by atoms with E-state index in [1.807, 2.05) is 24.5 Å². The van der Waals surface area contributed by atoms with Crippen molar-refractivity contribution in [2.75, 3.05) is 0 Å². The Bertz CT molecular complexity index is 972. The van der Waals surface area contributed by atoms with Crippen LogP contribution >= 0.6 is 0 Å². The van der Waals surface area contributed by atoms with Crippen LogP contribution in [0.2, 0.25) is 0 Å². The van der Waals surface area contributed by atoms with Gasteiger partial charge in [-0.3, -0.25) is 9.79 Å². The van der Waals surface area contributed by atoms with Crippen molar-refractivity contribution in [3.63, 3.8) is 0 Å². The highest BCUT2D eigenvalue weighted by Gasteiger charge is 2.24. The molecular weight excluding hydrogens is 406 g/mol. The number of aromatic nitrogens is 4. The lowest BCUT2D eigenvalue weighted by atomic mass is 9.85. The second-order valence-electron chi connectivity index (χ2n) is 8.70. The van der Waals surface area contributed by atoms with Crippen LogP contribution in [-0.2, 0) is 11.2 Å². The fourth-order valence-corrected chi connectivity index (χ4v) is 4.33. The number of aryl methyl sites for hydroxylation is 1. The number of pyridine rings is 1. The Morgan fingerprint density at radius 3 is 2.69 bits per heavy atom. The highest BCUT2D eigenvalue weighted by molar-refractivity contribution is 6.02. The summed E-state index contributed by atoms with van der Waals surface area (Å²) in [5.41, 5.74) is 3.09. The van der Waals surface area contributed by atoms with Gasteiger partial charge < -0.3 is 14.8 Å². The number of hydrogen-bond acceptors (Lipinski definition) is 6. The third-order valence-corrected chi connectivity index (χ3v) is 6.23. The molecule has 2 aliphatic rings. The van der Waals surface area contributed by atoms with Gasteiger partial charge in [0.05, 0.1) is 0 Å². The second kappa shape index (κ2) is 10.5. The van der Waals surface area contributed by atoms with Gasteiger partial charge in [-0.15, -0.1) is 10.2 Å². The van der Waals surface area contributed by atoms with Crippen molar-refractivity contribution < 1.29 is 14.6 Å². The van der Waals surface area contributed by atoms with E-state index in [2.05, 4.69) is 32.1 Å². The number of carbonyl (C=O) groups is 1. The third kappa shape index (κ3) is 5.81. The minimum atomic E-state index is -0.711. The predicted molar refractivity (Wildman–Crippen MR) is 122 cm³/mol. The van der Waals surface area contributed by atoms with Crippen LogP contribution in [-0.4, -0.2) is 43.1 Å². The van der Waals surface area contributed by atoms with E-state index in [0.29, 0.717) is 5.88 Å². The van der Waals surface area contributed by atoms with Crippen LogP contribution in [0.4, 0.5) is 0 Å². The van der Waals surface area contributed by atoms with E-state index in [-0.39, 0.29) is 18.4 Å². The molecule has 1 fully saturated rings. The molecule has 0 radical (unpaired) electrons. The molecule has 170 valence electrons. The average molecular weight is 438 g/mol. The van der Waals surface area contributed by atoms with Gasteiger partial charge in [0.25, 0.3) is 0 Å². The molecule has 0 saturated heterocycles. The molecular formula is C24H31N5O3. The first kappa shape index (κ1) is 22.2. The summed E-state index contributed by atoms with van der Waals surface area (Å²) in [5, 5.41) is 17.5. The Morgan fingerprint density at radius 2 is 2.03 bits per heavy atom. The van der Waals surface area contributed by atoms with Crippen molar-refractivity contribution in [1.82, 2.24) is 20.2 Å². The van der Waals surface area contributed by atoms with E-state index in [9.17, 15) is 4.79 Å². The molecule has 1 aliphatic carbocycles. The SMILES string of the molecule is CCCCc1nnc(C2=CN=C(c3ccc(O[C@H]4CC[C@H](CC(=O)O)CC4)nc3)CC2)[nH]1. The molecule has 32 heavy (non-hydrogen) atoms. The highest BCUT2D eigenvalue weighted by atomic mass is 16.5. The number of carboxylic acids is 1. The van der Waals surface area contributed by atoms with Crippen LogP contribution in [0.25, 0.3) is 5.57 Å². The Labute approximate surface area is 188 Å². The molecule has 8 nitrogen and oxygen atoms in total. The van der Waals surface area contributed by atoms with Gasteiger partial charge in [-0.05, 0) is 56.9 Å². The van der Waals surface area contributed by atoms with E-state index < -0.39 is 5.97 Å². The monoisotopic (exact) mass is 437 g/mol. The summed E-state index contributed by atoms with van der Waals surface area (Å²) in [5.74, 6) is 1.93. The fraction of sp³-hybridized carbons (Fsp3) is 0.542. The first-order valence-corrected chi connectivity index (χ1v) is 11.6.